The lowest BCUT2D eigenvalue weighted by Gasteiger charge is -2.16. The molecule has 11 heteroatoms. The lowest BCUT2D eigenvalue weighted by atomic mass is 10.0. The first-order chi connectivity index (χ1) is 22.9. The van der Waals surface area contributed by atoms with Gasteiger partial charge in [-0.05, 0) is 61.7 Å². The highest BCUT2D eigenvalue weighted by Gasteiger charge is 2.30. The molecule has 3 N–H and O–H groups in total. The second kappa shape index (κ2) is 20.0. The minimum atomic E-state index is -4.02. The largest absolute Gasteiger partial charge is 0.506 e. The van der Waals surface area contributed by atoms with Gasteiger partial charge in [0.05, 0.1) is 31.3 Å². The van der Waals surface area contributed by atoms with Gasteiger partial charge in [-0.25, -0.2) is 8.42 Å². The van der Waals surface area contributed by atoms with Gasteiger partial charge in [-0.3, -0.25) is 9.59 Å². The SMILES string of the molecule is CCCCCCCCCCCCCCCc1cccc(S(=O)(=O)C(C)C(=O)Nc2cc(O)c(NC(=O)c3ccc(Cl)c(Cl)c3)cc2Cl)c1. The van der Waals surface area contributed by atoms with Crippen LogP contribution in [0.1, 0.15) is 113 Å². The van der Waals surface area contributed by atoms with Gasteiger partial charge in [-0.1, -0.05) is 131 Å². The van der Waals surface area contributed by atoms with E-state index < -0.39 is 26.9 Å². The highest BCUT2D eigenvalue weighted by atomic mass is 35.5. The number of hydrogen-bond donors (Lipinski definition) is 3. The van der Waals surface area contributed by atoms with Crippen molar-refractivity contribution in [3.63, 3.8) is 0 Å². The Labute approximate surface area is 300 Å². The summed E-state index contributed by atoms with van der Waals surface area (Å²) in [5.41, 5.74) is 1.09. The Bertz CT molecular complexity index is 1630. The van der Waals surface area contributed by atoms with E-state index in [1.807, 2.05) is 6.07 Å². The summed E-state index contributed by atoms with van der Waals surface area (Å²) >= 11 is 18.2. The number of benzene rings is 3. The lowest BCUT2D eigenvalue weighted by molar-refractivity contribution is -0.115. The zero-order chi connectivity index (χ0) is 35.1. The van der Waals surface area contributed by atoms with Gasteiger partial charge in [-0.15, -0.1) is 0 Å². The molecule has 0 aliphatic rings. The van der Waals surface area contributed by atoms with Crippen LogP contribution >= 0.6 is 34.8 Å². The summed E-state index contributed by atoms with van der Waals surface area (Å²) < 4.78 is 26.8. The maximum absolute atomic E-state index is 13.4. The monoisotopic (exact) mass is 736 g/mol. The molecule has 7 nitrogen and oxygen atoms in total. The number of aryl methyl sites for hydroxylation is 1. The first-order valence-electron chi connectivity index (χ1n) is 16.9. The minimum Gasteiger partial charge on any atom is -0.506 e. The number of sulfone groups is 1. The van der Waals surface area contributed by atoms with E-state index >= 15 is 0 Å². The van der Waals surface area contributed by atoms with E-state index in [0.29, 0.717) is 0 Å². The van der Waals surface area contributed by atoms with Crippen molar-refractivity contribution >= 4 is 67.8 Å². The van der Waals surface area contributed by atoms with E-state index in [4.69, 9.17) is 34.8 Å². The number of rotatable bonds is 20. The number of anilines is 2. The van der Waals surface area contributed by atoms with Gasteiger partial charge in [0.2, 0.25) is 5.91 Å². The lowest BCUT2D eigenvalue weighted by Crippen LogP contribution is -2.32. The molecular weight excluding hydrogens is 691 g/mol. The summed E-state index contributed by atoms with van der Waals surface area (Å²) in [5.74, 6) is -1.78. The van der Waals surface area contributed by atoms with Gasteiger partial charge in [-0.2, -0.15) is 0 Å². The Morgan fingerprint density at radius 2 is 1.31 bits per heavy atom. The second-order valence-electron chi connectivity index (χ2n) is 12.2. The molecule has 0 bridgehead atoms. The molecule has 0 fully saturated rings. The van der Waals surface area contributed by atoms with Crippen LogP contribution in [0.3, 0.4) is 0 Å². The molecule has 3 rings (SSSR count). The molecular formula is C37H47Cl3N2O5S. The molecule has 0 aliphatic carbocycles. The Morgan fingerprint density at radius 1 is 0.708 bits per heavy atom. The van der Waals surface area contributed by atoms with E-state index in [0.717, 1.165) is 30.9 Å². The zero-order valence-electron chi connectivity index (χ0n) is 27.8. The predicted molar refractivity (Wildman–Crippen MR) is 199 cm³/mol. The number of phenols is 1. The first-order valence-corrected chi connectivity index (χ1v) is 19.5. The third-order valence-corrected chi connectivity index (χ3v) is 11.5. The maximum atomic E-state index is 13.4. The number of hydrogen-bond acceptors (Lipinski definition) is 5. The number of aromatic hydroxyl groups is 1. The van der Waals surface area contributed by atoms with Gasteiger partial charge in [0.25, 0.3) is 5.91 Å². The van der Waals surface area contributed by atoms with Crippen LogP contribution < -0.4 is 10.6 Å². The quantitative estimate of drug-likeness (QED) is 0.0789. The van der Waals surface area contributed by atoms with Crippen molar-refractivity contribution in [2.24, 2.45) is 0 Å². The molecule has 0 radical (unpaired) electrons. The number of unbranched alkanes of at least 4 members (excludes halogenated alkanes) is 12. The van der Waals surface area contributed by atoms with Crippen LogP contribution in [0.25, 0.3) is 0 Å². The fourth-order valence-corrected chi connectivity index (χ4v) is 7.24. The third-order valence-electron chi connectivity index (χ3n) is 8.40. The van der Waals surface area contributed by atoms with Gasteiger partial charge < -0.3 is 15.7 Å². The van der Waals surface area contributed by atoms with Crippen LogP contribution in [0.2, 0.25) is 15.1 Å². The number of halogens is 3. The fraction of sp³-hybridized carbons (Fsp3) is 0.459. The summed E-state index contributed by atoms with van der Waals surface area (Å²) in [5, 5.41) is 14.6. The summed E-state index contributed by atoms with van der Waals surface area (Å²) in [4.78, 5) is 25.8. The number of nitrogens with one attached hydrogen (secondary N) is 2. The zero-order valence-corrected chi connectivity index (χ0v) is 30.9. The van der Waals surface area contributed by atoms with Crippen molar-refractivity contribution in [3.8, 4) is 5.75 Å². The highest BCUT2D eigenvalue weighted by molar-refractivity contribution is 7.92. The maximum Gasteiger partial charge on any atom is 0.255 e. The van der Waals surface area contributed by atoms with Crippen molar-refractivity contribution in [1.29, 1.82) is 0 Å². The Morgan fingerprint density at radius 3 is 1.92 bits per heavy atom. The molecule has 1 atom stereocenters. The Kier molecular flexibility index (Phi) is 16.5. The summed E-state index contributed by atoms with van der Waals surface area (Å²) in [7, 11) is -4.02. The number of carbonyl (C=O) groups is 2. The van der Waals surface area contributed by atoms with Crippen LogP contribution in [0.15, 0.2) is 59.5 Å². The average Bonchev–Trinajstić information content (AvgIpc) is 3.06. The van der Waals surface area contributed by atoms with E-state index in [1.54, 1.807) is 12.1 Å². The van der Waals surface area contributed by atoms with Crippen molar-refractivity contribution in [3.05, 3.63) is 80.8 Å². The normalized spacial score (nSPS) is 12.1. The van der Waals surface area contributed by atoms with Gasteiger partial charge in [0.1, 0.15) is 11.0 Å². The molecule has 0 aliphatic heterocycles. The standard InChI is InChI=1S/C37H47Cl3N2O5S/c1-3-4-5-6-7-8-9-10-11-12-13-14-15-17-27-18-16-19-29(22-27)48(46,47)26(2)36(44)41-33-25-35(43)34(24-32(33)40)42-37(45)28-20-21-30(38)31(39)23-28/h16,18-26,43H,3-15,17H2,1-2H3,(H,41,44)(H,42,45). The van der Waals surface area contributed by atoms with Crippen LogP contribution in [0.5, 0.6) is 5.75 Å². The van der Waals surface area contributed by atoms with Gasteiger partial charge in [0.15, 0.2) is 9.84 Å². The molecule has 0 aromatic heterocycles. The molecule has 0 saturated heterocycles. The molecule has 0 spiro atoms. The molecule has 3 aromatic carbocycles. The minimum absolute atomic E-state index is 0.00934. The third kappa shape index (κ3) is 12.3. The first kappa shape index (κ1) is 39.7. The molecule has 48 heavy (non-hydrogen) atoms. The van der Waals surface area contributed by atoms with Crippen molar-refractivity contribution in [2.45, 2.75) is 114 Å². The Hall–Kier alpha value is -2.78. The molecule has 0 heterocycles. The van der Waals surface area contributed by atoms with E-state index in [9.17, 15) is 23.1 Å². The van der Waals surface area contributed by atoms with Gasteiger partial charge >= 0.3 is 0 Å². The molecule has 1 unspecified atom stereocenters. The fourth-order valence-electron chi connectivity index (χ4n) is 5.39. The summed E-state index contributed by atoms with van der Waals surface area (Å²) in [6.07, 6.45) is 17.2. The van der Waals surface area contributed by atoms with Crippen LogP contribution in [-0.4, -0.2) is 30.6 Å². The molecule has 3 aromatic rings. The van der Waals surface area contributed by atoms with Gasteiger partial charge in [0, 0.05) is 11.6 Å². The molecule has 0 saturated carbocycles. The Balaban J connectivity index is 1.48. The summed E-state index contributed by atoms with van der Waals surface area (Å²) in [6, 6.07) is 13.5. The van der Waals surface area contributed by atoms with Crippen LogP contribution in [0.4, 0.5) is 11.4 Å². The number of carbonyl (C=O) groups excluding carboxylic acids is 2. The predicted octanol–water partition coefficient (Wildman–Crippen LogP) is 11.0. The van der Waals surface area contributed by atoms with Crippen LogP contribution in [-0.2, 0) is 21.1 Å². The second-order valence-corrected chi connectivity index (χ2v) is 15.7. The number of phenolic OH excluding ortho intramolecular Hbond substituents is 1. The smallest absolute Gasteiger partial charge is 0.255 e. The highest BCUT2D eigenvalue weighted by Crippen LogP contribution is 2.35. The van der Waals surface area contributed by atoms with Crippen molar-refractivity contribution in [1.82, 2.24) is 0 Å². The van der Waals surface area contributed by atoms with E-state index in [1.165, 1.54) is 108 Å². The van der Waals surface area contributed by atoms with Crippen molar-refractivity contribution in [2.75, 3.05) is 10.6 Å². The summed E-state index contributed by atoms with van der Waals surface area (Å²) in [6.45, 7) is 3.55. The molecule has 2 amide bonds. The topological polar surface area (TPSA) is 113 Å². The average molecular weight is 738 g/mol. The number of amides is 2. The molecule has 262 valence electrons. The van der Waals surface area contributed by atoms with Crippen LogP contribution in [0, 0.1) is 0 Å². The van der Waals surface area contributed by atoms with Crippen molar-refractivity contribution < 1.29 is 23.1 Å². The van der Waals surface area contributed by atoms with E-state index in [2.05, 4.69) is 17.6 Å². The van der Waals surface area contributed by atoms with E-state index in [-0.39, 0.29) is 42.7 Å².